The van der Waals surface area contributed by atoms with Crippen molar-refractivity contribution >= 4 is 0 Å². The van der Waals surface area contributed by atoms with E-state index in [9.17, 15) is 0 Å². The highest BCUT2D eigenvalue weighted by molar-refractivity contribution is 5.38. The first-order valence-electron chi connectivity index (χ1n) is 5.99. The molecule has 0 aliphatic heterocycles. The first-order chi connectivity index (χ1) is 7.84. The molecule has 0 spiro atoms. The molecule has 1 atom stereocenters. The third-order valence-electron chi connectivity index (χ3n) is 2.75. The second-order valence-corrected chi connectivity index (χ2v) is 5.52. The number of nitrogens with zero attached hydrogens (tertiary/aromatic N) is 1. The van der Waals surface area contributed by atoms with Crippen molar-refractivity contribution in [3.63, 3.8) is 0 Å². The summed E-state index contributed by atoms with van der Waals surface area (Å²) in [5.74, 6) is 0.876. The lowest BCUT2D eigenvalue weighted by molar-refractivity contribution is 0.225. The number of hydrogen-bond donors (Lipinski definition) is 0. The molecule has 1 aromatic rings. The normalized spacial score (nSPS) is 12.9. The quantitative estimate of drug-likeness (QED) is 0.788. The molecule has 2 nitrogen and oxygen atoms in total. The van der Waals surface area contributed by atoms with Crippen LogP contribution in [0.2, 0.25) is 0 Å². The van der Waals surface area contributed by atoms with Crippen molar-refractivity contribution in [2.24, 2.45) is 0 Å². The number of benzene rings is 1. The fraction of sp³-hybridized carbons (Fsp3) is 0.533. The molecular weight excluding hydrogens is 210 g/mol. The third-order valence-corrected chi connectivity index (χ3v) is 2.75. The van der Waals surface area contributed by atoms with Gasteiger partial charge < -0.3 is 4.74 Å². The summed E-state index contributed by atoms with van der Waals surface area (Å²) in [7, 11) is 0. The van der Waals surface area contributed by atoms with Gasteiger partial charge in [0.05, 0.1) is 12.5 Å². The van der Waals surface area contributed by atoms with E-state index in [0.29, 0.717) is 6.42 Å². The summed E-state index contributed by atoms with van der Waals surface area (Å²) in [4.78, 5) is 0. The van der Waals surface area contributed by atoms with Crippen LogP contribution in [0.5, 0.6) is 5.75 Å². The first-order valence-corrected chi connectivity index (χ1v) is 5.99. The predicted molar refractivity (Wildman–Crippen MR) is 70.2 cm³/mol. The Labute approximate surface area is 104 Å². The van der Waals surface area contributed by atoms with Crippen LogP contribution in [-0.4, -0.2) is 6.10 Å². The molecule has 0 aromatic heterocycles. The summed E-state index contributed by atoms with van der Waals surface area (Å²) >= 11 is 0. The number of hydrogen-bond acceptors (Lipinski definition) is 2. The maximum atomic E-state index is 8.60. The molecule has 0 N–H and O–H groups in total. The number of aryl methyl sites for hydroxylation is 1. The van der Waals surface area contributed by atoms with Crippen molar-refractivity contribution in [2.75, 3.05) is 0 Å². The van der Waals surface area contributed by atoms with Crippen LogP contribution in [0, 0.1) is 18.3 Å². The van der Waals surface area contributed by atoms with E-state index in [4.69, 9.17) is 10.00 Å². The lowest BCUT2D eigenvalue weighted by Crippen LogP contribution is -2.13. The molecule has 17 heavy (non-hydrogen) atoms. The Morgan fingerprint density at radius 3 is 2.47 bits per heavy atom. The van der Waals surface area contributed by atoms with Crippen molar-refractivity contribution in [3.05, 3.63) is 29.3 Å². The highest BCUT2D eigenvalue weighted by Crippen LogP contribution is 2.28. The Morgan fingerprint density at radius 1 is 1.35 bits per heavy atom. The number of nitriles is 1. The van der Waals surface area contributed by atoms with Gasteiger partial charge in [0.1, 0.15) is 11.9 Å². The van der Waals surface area contributed by atoms with Crippen LogP contribution >= 0.6 is 0 Å². The van der Waals surface area contributed by atoms with E-state index in [0.717, 1.165) is 11.3 Å². The minimum absolute atomic E-state index is 0.0563. The van der Waals surface area contributed by atoms with Crippen molar-refractivity contribution in [2.45, 2.75) is 52.6 Å². The van der Waals surface area contributed by atoms with Gasteiger partial charge in [0.15, 0.2) is 0 Å². The molecule has 0 radical (unpaired) electrons. The second kappa shape index (κ2) is 5.23. The van der Waals surface area contributed by atoms with Crippen molar-refractivity contribution < 1.29 is 4.74 Å². The van der Waals surface area contributed by atoms with Gasteiger partial charge in [0.2, 0.25) is 0 Å². The molecule has 2 heteroatoms. The first kappa shape index (κ1) is 13.6. The van der Waals surface area contributed by atoms with Gasteiger partial charge in [-0.3, -0.25) is 0 Å². The van der Waals surface area contributed by atoms with E-state index in [2.05, 4.69) is 39.0 Å². The van der Waals surface area contributed by atoms with Gasteiger partial charge in [0.25, 0.3) is 0 Å². The van der Waals surface area contributed by atoms with Gasteiger partial charge in [-0.1, -0.05) is 32.9 Å². The number of ether oxygens (including phenoxy) is 1. The van der Waals surface area contributed by atoms with E-state index in [1.54, 1.807) is 0 Å². The summed E-state index contributed by atoms with van der Waals surface area (Å²) < 4.78 is 5.73. The minimum atomic E-state index is -0.0563. The molecule has 0 aliphatic rings. The summed E-state index contributed by atoms with van der Waals surface area (Å²) in [6.45, 7) is 10.5. The average molecular weight is 231 g/mol. The van der Waals surface area contributed by atoms with E-state index in [1.807, 2.05) is 19.9 Å². The zero-order valence-corrected chi connectivity index (χ0v) is 11.4. The van der Waals surface area contributed by atoms with Gasteiger partial charge in [-0.05, 0) is 36.5 Å². The van der Waals surface area contributed by atoms with Crippen molar-refractivity contribution in [3.8, 4) is 11.8 Å². The van der Waals surface area contributed by atoms with E-state index < -0.39 is 0 Å². The molecule has 92 valence electrons. The van der Waals surface area contributed by atoms with Crippen LogP contribution in [0.3, 0.4) is 0 Å². The van der Waals surface area contributed by atoms with Crippen LogP contribution in [0.1, 0.15) is 45.2 Å². The zero-order valence-electron chi connectivity index (χ0n) is 11.4. The summed E-state index contributed by atoms with van der Waals surface area (Å²) in [6, 6.07) is 8.38. The highest BCUT2D eigenvalue weighted by atomic mass is 16.5. The van der Waals surface area contributed by atoms with Crippen LogP contribution in [0.4, 0.5) is 0 Å². The fourth-order valence-electron chi connectivity index (χ4n) is 1.64. The van der Waals surface area contributed by atoms with E-state index in [1.165, 1.54) is 5.56 Å². The van der Waals surface area contributed by atoms with Crippen LogP contribution in [-0.2, 0) is 5.41 Å². The molecule has 0 heterocycles. The van der Waals surface area contributed by atoms with E-state index in [-0.39, 0.29) is 11.5 Å². The van der Waals surface area contributed by atoms with Gasteiger partial charge >= 0.3 is 0 Å². The van der Waals surface area contributed by atoms with Crippen LogP contribution < -0.4 is 4.74 Å². The molecular formula is C15H21NO. The molecule has 0 amide bonds. The molecule has 0 saturated heterocycles. The van der Waals surface area contributed by atoms with Gasteiger partial charge in [-0.2, -0.15) is 5.26 Å². The lowest BCUT2D eigenvalue weighted by Gasteiger charge is -2.21. The largest absolute Gasteiger partial charge is 0.489 e. The van der Waals surface area contributed by atoms with Gasteiger partial charge in [-0.25, -0.2) is 0 Å². The van der Waals surface area contributed by atoms with Gasteiger partial charge in [0, 0.05) is 0 Å². The second-order valence-electron chi connectivity index (χ2n) is 5.52. The number of rotatable bonds is 3. The van der Waals surface area contributed by atoms with E-state index >= 15 is 0 Å². The molecule has 1 aromatic carbocycles. The Kier molecular flexibility index (Phi) is 4.17. The topological polar surface area (TPSA) is 33.0 Å². The molecule has 0 aliphatic carbocycles. The summed E-state index contributed by atoms with van der Waals surface area (Å²) in [6.07, 6.45) is 0.361. The zero-order chi connectivity index (χ0) is 13.1. The van der Waals surface area contributed by atoms with Crippen LogP contribution in [0.15, 0.2) is 18.2 Å². The molecule has 0 fully saturated rings. The monoisotopic (exact) mass is 231 g/mol. The Bertz CT molecular complexity index is 424. The third kappa shape index (κ3) is 3.78. The Hall–Kier alpha value is -1.49. The average Bonchev–Trinajstić information content (AvgIpc) is 2.20. The minimum Gasteiger partial charge on any atom is -0.489 e. The molecule has 1 unspecified atom stereocenters. The Balaban J connectivity index is 2.88. The molecule has 0 saturated carbocycles. The maximum absolute atomic E-state index is 8.60. The van der Waals surface area contributed by atoms with Gasteiger partial charge in [-0.15, -0.1) is 0 Å². The summed E-state index contributed by atoms with van der Waals surface area (Å²) in [5.41, 5.74) is 2.58. The Morgan fingerprint density at radius 2 is 2.00 bits per heavy atom. The van der Waals surface area contributed by atoms with Crippen molar-refractivity contribution in [1.29, 1.82) is 5.26 Å². The van der Waals surface area contributed by atoms with Crippen molar-refractivity contribution in [1.82, 2.24) is 0 Å². The molecule has 0 bridgehead atoms. The molecule has 1 rings (SSSR count). The highest BCUT2D eigenvalue weighted by Gasteiger charge is 2.15. The smallest absolute Gasteiger partial charge is 0.122 e. The lowest BCUT2D eigenvalue weighted by atomic mass is 9.86. The summed E-state index contributed by atoms with van der Waals surface area (Å²) in [5, 5.41) is 8.60. The van der Waals surface area contributed by atoms with Crippen LogP contribution in [0.25, 0.3) is 0 Å². The fourth-order valence-corrected chi connectivity index (χ4v) is 1.64. The standard InChI is InChI=1S/C15H21NO/c1-11-10-13(15(3,4)5)6-7-14(11)17-12(2)8-9-16/h6-7,10,12H,8H2,1-5H3. The maximum Gasteiger partial charge on any atom is 0.122 e. The SMILES string of the molecule is Cc1cc(C(C)(C)C)ccc1OC(C)CC#N. The predicted octanol–water partition coefficient (Wildman–Crippen LogP) is 3.97.